The summed E-state index contributed by atoms with van der Waals surface area (Å²) in [4.78, 5) is 38.8. The van der Waals surface area contributed by atoms with Crippen LogP contribution in [-0.4, -0.2) is 52.8 Å². The van der Waals surface area contributed by atoms with Crippen molar-refractivity contribution in [2.24, 2.45) is 0 Å². The van der Waals surface area contributed by atoms with Crippen LogP contribution in [0.5, 0.6) is 0 Å². The highest BCUT2D eigenvalue weighted by atomic mass is 16.2. The zero-order valence-electron chi connectivity index (χ0n) is 12.5. The van der Waals surface area contributed by atoms with Gasteiger partial charge in [-0.3, -0.25) is 14.9 Å². The quantitative estimate of drug-likeness (QED) is 0.620. The monoisotopic (exact) mass is 281 g/mol. The van der Waals surface area contributed by atoms with Gasteiger partial charge in [-0.2, -0.15) is 0 Å². The van der Waals surface area contributed by atoms with Crippen LogP contribution in [0, 0.1) is 0 Å². The largest absolute Gasteiger partial charge is 0.322 e. The summed E-state index contributed by atoms with van der Waals surface area (Å²) in [6.45, 7) is 9.23. The minimum atomic E-state index is -0.598. The van der Waals surface area contributed by atoms with E-state index in [1.54, 1.807) is 13.1 Å². The van der Waals surface area contributed by atoms with Crippen molar-refractivity contribution in [3.8, 4) is 0 Å². The van der Waals surface area contributed by atoms with Crippen LogP contribution in [0.25, 0.3) is 0 Å². The highest BCUT2D eigenvalue weighted by Crippen LogP contribution is 2.18. The third-order valence-electron chi connectivity index (χ3n) is 3.58. The summed E-state index contributed by atoms with van der Waals surface area (Å²) >= 11 is 0. The molecule has 1 aliphatic rings. The Bertz CT molecular complexity index is 420. The van der Waals surface area contributed by atoms with Gasteiger partial charge in [-0.25, -0.2) is 4.79 Å². The van der Waals surface area contributed by atoms with Crippen molar-refractivity contribution < 1.29 is 14.4 Å². The van der Waals surface area contributed by atoms with Crippen molar-refractivity contribution in [2.75, 3.05) is 7.05 Å². The topological polar surface area (TPSA) is 69.7 Å². The molecular formula is C14H23N3O3. The van der Waals surface area contributed by atoms with Crippen LogP contribution < -0.4 is 5.32 Å². The molecule has 0 saturated carbocycles. The summed E-state index contributed by atoms with van der Waals surface area (Å²) in [6, 6.07) is -1.09. The van der Waals surface area contributed by atoms with E-state index in [2.05, 4.69) is 11.9 Å². The average Bonchev–Trinajstić information content (AvgIpc) is 2.39. The second kappa shape index (κ2) is 6.54. The van der Waals surface area contributed by atoms with Crippen molar-refractivity contribution in [2.45, 2.75) is 51.7 Å². The van der Waals surface area contributed by atoms with Gasteiger partial charge in [-0.15, -0.1) is 6.58 Å². The Labute approximate surface area is 119 Å². The van der Waals surface area contributed by atoms with Crippen LogP contribution in [0.4, 0.5) is 4.79 Å². The van der Waals surface area contributed by atoms with Crippen LogP contribution in [0.1, 0.15) is 33.6 Å². The summed E-state index contributed by atoms with van der Waals surface area (Å²) in [5, 5.41) is 2.29. The molecular weight excluding hydrogens is 258 g/mol. The Morgan fingerprint density at radius 1 is 1.40 bits per heavy atom. The SMILES string of the molecule is C=CC(C)N(C)C(=O)N(C(C)C)C1CCC(=O)NC1=O. The lowest BCUT2D eigenvalue weighted by atomic mass is 10.0. The Morgan fingerprint density at radius 3 is 2.45 bits per heavy atom. The maximum Gasteiger partial charge on any atom is 0.321 e. The fourth-order valence-corrected chi connectivity index (χ4v) is 2.18. The molecule has 0 bridgehead atoms. The number of imide groups is 1. The fraction of sp³-hybridized carbons (Fsp3) is 0.643. The van der Waals surface area contributed by atoms with Gasteiger partial charge in [0.05, 0.1) is 0 Å². The first-order valence-corrected chi connectivity index (χ1v) is 6.81. The van der Waals surface area contributed by atoms with Gasteiger partial charge in [0, 0.05) is 25.6 Å². The van der Waals surface area contributed by atoms with Crippen molar-refractivity contribution in [1.82, 2.24) is 15.1 Å². The van der Waals surface area contributed by atoms with E-state index in [-0.39, 0.29) is 30.4 Å². The molecule has 1 aliphatic heterocycles. The molecule has 2 atom stereocenters. The van der Waals surface area contributed by atoms with Crippen LogP contribution in [0.15, 0.2) is 12.7 Å². The minimum Gasteiger partial charge on any atom is -0.322 e. The first kappa shape index (κ1) is 16.2. The van der Waals surface area contributed by atoms with Crippen molar-refractivity contribution in [1.29, 1.82) is 0 Å². The molecule has 1 saturated heterocycles. The zero-order valence-corrected chi connectivity index (χ0v) is 12.5. The lowest BCUT2D eigenvalue weighted by molar-refractivity contribution is -0.137. The number of hydrogen-bond acceptors (Lipinski definition) is 3. The third kappa shape index (κ3) is 3.37. The summed E-state index contributed by atoms with van der Waals surface area (Å²) in [7, 11) is 1.68. The summed E-state index contributed by atoms with van der Waals surface area (Å²) in [5.41, 5.74) is 0. The highest BCUT2D eigenvalue weighted by Gasteiger charge is 2.37. The number of nitrogens with one attached hydrogen (secondary N) is 1. The van der Waals surface area contributed by atoms with E-state index < -0.39 is 11.9 Å². The molecule has 0 aromatic rings. The second-order valence-electron chi connectivity index (χ2n) is 5.34. The van der Waals surface area contributed by atoms with Crippen LogP contribution in [-0.2, 0) is 9.59 Å². The lowest BCUT2D eigenvalue weighted by Crippen LogP contribution is -2.59. The molecule has 4 amide bonds. The van der Waals surface area contributed by atoms with Crippen molar-refractivity contribution in [3.05, 3.63) is 12.7 Å². The average molecular weight is 281 g/mol. The number of rotatable bonds is 4. The number of urea groups is 1. The van der Waals surface area contributed by atoms with E-state index >= 15 is 0 Å². The number of amides is 4. The maximum absolute atomic E-state index is 12.6. The molecule has 20 heavy (non-hydrogen) atoms. The van der Waals surface area contributed by atoms with Gasteiger partial charge in [-0.1, -0.05) is 6.08 Å². The summed E-state index contributed by atoms with van der Waals surface area (Å²) in [6.07, 6.45) is 2.29. The molecule has 0 radical (unpaired) electrons. The number of carbonyl (C=O) groups excluding carboxylic acids is 3. The number of piperidine rings is 1. The Morgan fingerprint density at radius 2 is 2.00 bits per heavy atom. The van der Waals surface area contributed by atoms with Gasteiger partial charge in [0.15, 0.2) is 0 Å². The molecule has 1 N–H and O–H groups in total. The molecule has 1 heterocycles. The maximum atomic E-state index is 12.6. The fourth-order valence-electron chi connectivity index (χ4n) is 2.18. The van der Waals surface area contributed by atoms with Crippen LogP contribution in [0.3, 0.4) is 0 Å². The Hall–Kier alpha value is -1.85. The van der Waals surface area contributed by atoms with Gasteiger partial charge in [0.25, 0.3) is 0 Å². The molecule has 0 aliphatic carbocycles. The summed E-state index contributed by atoms with van der Waals surface area (Å²) < 4.78 is 0. The van der Waals surface area contributed by atoms with Gasteiger partial charge in [0.1, 0.15) is 6.04 Å². The standard InChI is InChI=1S/C14H23N3O3/c1-6-10(4)16(5)14(20)17(9(2)3)11-7-8-12(18)15-13(11)19/h6,9-11H,1,7-8H2,2-5H3,(H,15,18,19). The van der Waals surface area contributed by atoms with Gasteiger partial charge in [0.2, 0.25) is 11.8 Å². The number of nitrogens with zero attached hydrogens (tertiary/aromatic N) is 2. The Kier molecular flexibility index (Phi) is 5.30. The number of carbonyl (C=O) groups is 3. The van der Waals surface area contributed by atoms with E-state index in [1.807, 2.05) is 20.8 Å². The molecule has 0 aromatic carbocycles. The molecule has 0 aromatic heterocycles. The van der Waals surface area contributed by atoms with E-state index in [4.69, 9.17) is 0 Å². The van der Waals surface area contributed by atoms with Crippen molar-refractivity contribution in [3.63, 3.8) is 0 Å². The first-order valence-electron chi connectivity index (χ1n) is 6.81. The molecule has 1 fully saturated rings. The van der Waals surface area contributed by atoms with Crippen molar-refractivity contribution >= 4 is 17.8 Å². The van der Waals surface area contributed by atoms with E-state index in [0.29, 0.717) is 6.42 Å². The lowest BCUT2D eigenvalue weighted by Gasteiger charge is -2.39. The molecule has 112 valence electrons. The minimum absolute atomic E-state index is 0.128. The predicted octanol–water partition coefficient (Wildman–Crippen LogP) is 1.13. The molecule has 1 rings (SSSR count). The van der Waals surface area contributed by atoms with E-state index in [9.17, 15) is 14.4 Å². The number of hydrogen-bond donors (Lipinski definition) is 1. The van der Waals surface area contributed by atoms with Gasteiger partial charge < -0.3 is 9.80 Å². The first-order chi connectivity index (χ1) is 9.29. The highest BCUT2D eigenvalue weighted by molar-refractivity contribution is 6.01. The Balaban J connectivity index is 2.94. The van der Waals surface area contributed by atoms with E-state index in [0.717, 1.165) is 0 Å². The smallest absolute Gasteiger partial charge is 0.321 e. The van der Waals surface area contributed by atoms with E-state index in [1.165, 1.54) is 9.80 Å². The summed E-state index contributed by atoms with van der Waals surface area (Å²) in [5.74, 6) is -0.682. The van der Waals surface area contributed by atoms with Crippen LogP contribution in [0.2, 0.25) is 0 Å². The van der Waals surface area contributed by atoms with Gasteiger partial charge >= 0.3 is 6.03 Å². The normalized spacial score (nSPS) is 20.4. The van der Waals surface area contributed by atoms with Gasteiger partial charge in [-0.05, 0) is 27.2 Å². The molecule has 0 spiro atoms. The molecule has 6 nitrogen and oxygen atoms in total. The molecule has 6 heteroatoms. The predicted molar refractivity (Wildman–Crippen MR) is 76.0 cm³/mol. The third-order valence-corrected chi connectivity index (χ3v) is 3.58. The van der Waals surface area contributed by atoms with Crippen LogP contribution >= 0.6 is 0 Å². The zero-order chi connectivity index (χ0) is 15.4. The number of likely N-dealkylation sites (N-methyl/N-ethyl adjacent to an activating group) is 1. The second-order valence-corrected chi connectivity index (χ2v) is 5.34. The molecule has 2 unspecified atom stereocenters.